The molecule has 0 aromatic carbocycles. The topological polar surface area (TPSA) is 57.7 Å². The van der Waals surface area contributed by atoms with E-state index in [1.807, 2.05) is 0 Å². The maximum absolute atomic E-state index is 11.9. The molecule has 3 fully saturated rings. The third-order valence-corrected chi connectivity index (χ3v) is 4.14. The summed E-state index contributed by atoms with van der Waals surface area (Å²) in [6.07, 6.45) is 1.57. The molecule has 0 aromatic heterocycles. The van der Waals surface area contributed by atoms with Gasteiger partial charge in [-0.2, -0.15) is 0 Å². The molecule has 0 aromatic rings. The second-order valence-corrected chi connectivity index (χ2v) is 4.96. The lowest BCUT2D eigenvalue weighted by Gasteiger charge is -2.36. The van der Waals surface area contributed by atoms with Gasteiger partial charge >= 0.3 is 0 Å². The second-order valence-electron chi connectivity index (χ2n) is 3.99. The number of carbonyl (C=O) groups is 3. The van der Waals surface area contributed by atoms with Crippen LogP contribution in [0.2, 0.25) is 0 Å². The quantitative estimate of drug-likeness (QED) is 0.586. The maximum atomic E-state index is 11.9. The van der Waals surface area contributed by atoms with Crippen LogP contribution in [0.25, 0.3) is 0 Å². The molecule has 80 valence electrons. The van der Waals surface area contributed by atoms with E-state index in [1.165, 1.54) is 4.90 Å². The highest BCUT2D eigenvalue weighted by atomic mass is 32.2. The molecule has 15 heavy (non-hydrogen) atoms. The first kappa shape index (κ1) is 9.21. The Balaban J connectivity index is 2.00. The number of fused-ring (bicyclic) bond motifs is 2. The number of nitrogens with zero attached hydrogens (tertiary/aromatic N) is 2. The summed E-state index contributed by atoms with van der Waals surface area (Å²) in [7, 11) is 0. The van der Waals surface area contributed by atoms with Gasteiger partial charge in [-0.3, -0.25) is 19.3 Å². The monoisotopic (exact) mass is 226 g/mol. The molecule has 0 radical (unpaired) electrons. The van der Waals surface area contributed by atoms with E-state index >= 15 is 0 Å². The van der Waals surface area contributed by atoms with Crippen LogP contribution in [0.5, 0.6) is 0 Å². The average molecular weight is 226 g/mol. The van der Waals surface area contributed by atoms with Crippen LogP contribution in [-0.2, 0) is 9.59 Å². The molecule has 3 aliphatic heterocycles. The molecular formula is C9H10N2O3S. The van der Waals surface area contributed by atoms with E-state index in [0.717, 1.165) is 18.2 Å². The predicted octanol–water partition coefficient (Wildman–Crippen LogP) is 0.0550. The fraction of sp³-hybridized carbons (Fsp3) is 0.667. The predicted molar refractivity (Wildman–Crippen MR) is 53.2 cm³/mol. The van der Waals surface area contributed by atoms with E-state index in [-0.39, 0.29) is 23.1 Å². The molecule has 0 N–H and O–H groups in total. The van der Waals surface area contributed by atoms with Gasteiger partial charge in [0.15, 0.2) is 0 Å². The number of hydrogen-bond acceptors (Lipinski definition) is 4. The van der Waals surface area contributed by atoms with Crippen LogP contribution >= 0.6 is 11.8 Å². The van der Waals surface area contributed by atoms with Crippen LogP contribution in [0.1, 0.15) is 12.8 Å². The van der Waals surface area contributed by atoms with Crippen molar-refractivity contribution in [2.45, 2.75) is 24.9 Å². The fourth-order valence-electron chi connectivity index (χ4n) is 2.49. The van der Waals surface area contributed by atoms with E-state index < -0.39 is 6.04 Å². The van der Waals surface area contributed by atoms with Gasteiger partial charge in [-0.15, -0.1) is 0 Å². The van der Waals surface area contributed by atoms with Crippen molar-refractivity contribution in [3.05, 3.63) is 0 Å². The number of amides is 3. The van der Waals surface area contributed by atoms with Crippen LogP contribution in [0.4, 0.5) is 4.79 Å². The first-order valence-corrected chi connectivity index (χ1v) is 5.99. The minimum absolute atomic E-state index is 0.0459. The SMILES string of the molecule is O=C1C2CSC(=O)N2C(=O)C2CCCN12. The van der Waals surface area contributed by atoms with Crippen molar-refractivity contribution < 1.29 is 14.4 Å². The van der Waals surface area contributed by atoms with Gasteiger partial charge in [0.25, 0.3) is 11.1 Å². The fourth-order valence-corrected chi connectivity index (χ4v) is 3.43. The van der Waals surface area contributed by atoms with Gasteiger partial charge in [-0.1, -0.05) is 11.8 Å². The van der Waals surface area contributed by atoms with Gasteiger partial charge in [-0.25, -0.2) is 0 Å². The van der Waals surface area contributed by atoms with Crippen molar-refractivity contribution in [3.63, 3.8) is 0 Å². The zero-order chi connectivity index (χ0) is 10.6. The molecule has 3 saturated heterocycles. The molecule has 3 aliphatic rings. The Bertz CT molecular complexity index is 370. The Morgan fingerprint density at radius 3 is 2.73 bits per heavy atom. The van der Waals surface area contributed by atoms with E-state index in [0.29, 0.717) is 18.7 Å². The molecule has 0 bridgehead atoms. The van der Waals surface area contributed by atoms with Gasteiger partial charge < -0.3 is 4.90 Å². The lowest BCUT2D eigenvalue weighted by Crippen LogP contribution is -2.61. The summed E-state index contributed by atoms with van der Waals surface area (Å²) in [5, 5.41) is -0.259. The third-order valence-electron chi connectivity index (χ3n) is 3.22. The molecule has 3 rings (SSSR count). The van der Waals surface area contributed by atoms with E-state index in [1.54, 1.807) is 4.90 Å². The molecule has 0 spiro atoms. The van der Waals surface area contributed by atoms with Crippen LogP contribution in [0, 0.1) is 0 Å². The van der Waals surface area contributed by atoms with Gasteiger partial charge in [0.1, 0.15) is 12.1 Å². The molecule has 0 aliphatic carbocycles. The zero-order valence-electron chi connectivity index (χ0n) is 8.01. The van der Waals surface area contributed by atoms with Crippen molar-refractivity contribution in [2.24, 2.45) is 0 Å². The molecule has 2 atom stereocenters. The smallest absolute Gasteiger partial charge is 0.289 e. The first-order chi connectivity index (χ1) is 7.20. The molecule has 3 heterocycles. The normalized spacial score (nSPS) is 34.8. The molecule has 5 nitrogen and oxygen atoms in total. The van der Waals surface area contributed by atoms with Gasteiger partial charge in [0, 0.05) is 12.3 Å². The van der Waals surface area contributed by atoms with Crippen molar-refractivity contribution in [1.82, 2.24) is 9.80 Å². The van der Waals surface area contributed by atoms with Crippen LogP contribution in [-0.4, -0.2) is 51.2 Å². The highest BCUT2D eigenvalue weighted by Crippen LogP contribution is 2.34. The third kappa shape index (κ3) is 1.08. The van der Waals surface area contributed by atoms with Crippen molar-refractivity contribution in [3.8, 4) is 0 Å². The van der Waals surface area contributed by atoms with Crippen molar-refractivity contribution in [2.75, 3.05) is 12.3 Å². The minimum atomic E-state index is -0.524. The molecule has 0 saturated carbocycles. The Labute approximate surface area is 90.8 Å². The summed E-state index contributed by atoms with van der Waals surface area (Å²) in [6.45, 7) is 0.665. The van der Waals surface area contributed by atoms with Gasteiger partial charge in [-0.05, 0) is 12.8 Å². The Kier molecular flexibility index (Phi) is 1.83. The number of piperazine rings is 1. The summed E-state index contributed by atoms with van der Waals surface area (Å²) in [5.41, 5.74) is 0. The Morgan fingerprint density at radius 1 is 1.13 bits per heavy atom. The molecular weight excluding hydrogens is 216 g/mol. The number of hydrogen-bond donors (Lipinski definition) is 0. The van der Waals surface area contributed by atoms with Gasteiger partial charge in [0.05, 0.1) is 0 Å². The van der Waals surface area contributed by atoms with Gasteiger partial charge in [0.2, 0.25) is 5.91 Å². The van der Waals surface area contributed by atoms with E-state index in [2.05, 4.69) is 0 Å². The largest absolute Gasteiger partial charge is 0.329 e. The van der Waals surface area contributed by atoms with E-state index in [9.17, 15) is 14.4 Å². The number of imide groups is 1. The summed E-state index contributed by atoms with van der Waals surface area (Å²) in [6, 6.07) is -0.888. The lowest BCUT2D eigenvalue weighted by atomic mass is 10.1. The molecule has 3 amide bonds. The Morgan fingerprint density at radius 2 is 1.93 bits per heavy atom. The summed E-state index contributed by atoms with van der Waals surface area (Å²) in [5.74, 6) is 0.203. The summed E-state index contributed by atoms with van der Waals surface area (Å²) >= 11 is 1.07. The molecule has 2 unspecified atom stereocenters. The molecule has 6 heteroatoms. The van der Waals surface area contributed by atoms with E-state index in [4.69, 9.17) is 0 Å². The number of thioether (sulfide) groups is 1. The second kappa shape index (κ2) is 2.98. The first-order valence-electron chi connectivity index (χ1n) is 5.00. The minimum Gasteiger partial charge on any atom is -0.329 e. The number of rotatable bonds is 0. The lowest BCUT2D eigenvalue weighted by molar-refractivity contribution is -0.153. The standard InChI is InChI=1S/C9H10N2O3S/c12-7-6-4-15-9(14)11(6)8(13)5-2-1-3-10(5)7/h5-6H,1-4H2. The zero-order valence-corrected chi connectivity index (χ0v) is 8.83. The maximum Gasteiger partial charge on any atom is 0.289 e. The average Bonchev–Trinajstić information content (AvgIpc) is 2.80. The van der Waals surface area contributed by atoms with Crippen molar-refractivity contribution >= 4 is 28.8 Å². The van der Waals surface area contributed by atoms with Crippen LogP contribution in [0.3, 0.4) is 0 Å². The summed E-state index contributed by atoms with van der Waals surface area (Å²) < 4.78 is 0. The summed E-state index contributed by atoms with van der Waals surface area (Å²) in [4.78, 5) is 38.1. The number of carbonyl (C=O) groups excluding carboxylic acids is 3. The highest BCUT2D eigenvalue weighted by molar-refractivity contribution is 8.14. The van der Waals surface area contributed by atoms with Crippen LogP contribution in [0.15, 0.2) is 0 Å². The Hall–Kier alpha value is -1.04. The van der Waals surface area contributed by atoms with Crippen molar-refractivity contribution in [1.29, 1.82) is 0 Å². The highest BCUT2D eigenvalue weighted by Gasteiger charge is 2.53. The van der Waals surface area contributed by atoms with Crippen LogP contribution < -0.4 is 0 Å².